The van der Waals surface area contributed by atoms with Crippen LogP contribution in [0.4, 0.5) is 0 Å². The predicted molar refractivity (Wildman–Crippen MR) is 140 cm³/mol. The molecule has 0 aliphatic heterocycles. The van der Waals surface area contributed by atoms with Crippen LogP contribution in [0.2, 0.25) is 0 Å². The Morgan fingerprint density at radius 3 is 2.46 bits per heavy atom. The second kappa shape index (κ2) is 12.1. The van der Waals surface area contributed by atoms with Crippen LogP contribution < -0.4 is 17.1 Å². The maximum absolute atomic E-state index is 11.9. The molecule has 2 aromatic rings. The molecule has 0 saturated heterocycles. The lowest BCUT2D eigenvalue weighted by molar-refractivity contribution is -0.111. The fourth-order valence-electron chi connectivity index (χ4n) is 4.49. The van der Waals surface area contributed by atoms with E-state index in [4.69, 9.17) is 16.6 Å². The number of carbonyl (C=O) groups is 1. The van der Waals surface area contributed by atoms with Gasteiger partial charge >= 0.3 is 0 Å². The van der Waals surface area contributed by atoms with Gasteiger partial charge in [-0.2, -0.15) is 0 Å². The summed E-state index contributed by atoms with van der Waals surface area (Å²) in [6, 6.07) is 15.8. The number of hydrazone groups is 1. The van der Waals surface area contributed by atoms with Gasteiger partial charge in [-0.25, -0.2) is 11.4 Å². The third kappa shape index (κ3) is 6.24. The van der Waals surface area contributed by atoms with E-state index in [-0.39, 0.29) is 0 Å². The summed E-state index contributed by atoms with van der Waals surface area (Å²) in [7, 11) is 1.91. The normalized spacial score (nSPS) is 16.3. The number of oxime groups is 1. The number of rotatable bonds is 10. The summed E-state index contributed by atoms with van der Waals surface area (Å²) in [5, 5.41) is 17.1. The lowest BCUT2D eigenvalue weighted by Gasteiger charge is -2.26. The van der Waals surface area contributed by atoms with Gasteiger partial charge in [0.2, 0.25) is 0 Å². The Morgan fingerprint density at radius 1 is 1.17 bits per heavy atom. The number of hydrazine groups is 1. The van der Waals surface area contributed by atoms with Crippen molar-refractivity contribution in [3.8, 4) is 11.1 Å². The fraction of sp³-hybridized carbons (Fsp3) is 0.385. The summed E-state index contributed by atoms with van der Waals surface area (Å²) < 4.78 is 0. The Hall–Kier alpha value is -3.72. The predicted octanol–water partition coefficient (Wildman–Crippen LogP) is 3.41. The number of benzene rings is 2. The lowest BCUT2D eigenvalue weighted by Crippen LogP contribution is -2.38. The van der Waals surface area contributed by atoms with E-state index in [9.17, 15) is 10.0 Å². The lowest BCUT2D eigenvalue weighted by atomic mass is 9.98. The molecule has 35 heavy (non-hydrogen) atoms. The van der Waals surface area contributed by atoms with Gasteiger partial charge < -0.3 is 20.6 Å². The zero-order chi connectivity index (χ0) is 25.3. The van der Waals surface area contributed by atoms with Crippen LogP contribution in [-0.4, -0.2) is 46.4 Å². The van der Waals surface area contributed by atoms with Gasteiger partial charge in [-0.15, -0.1) is 5.10 Å². The van der Waals surface area contributed by atoms with Crippen molar-refractivity contribution in [2.24, 2.45) is 26.8 Å². The number of nitrogens with zero attached hydrogens (tertiary/aromatic N) is 4. The molecule has 0 aromatic heterocycles. The first-order valence-electron chi connectivity index (χ1n) is 11.9. The number of hydrogen-bond donors (Lipinski definition) is 4. The van der Waals surface area contributed by atoms with E-state index in [1.54, 1.807) is 0 Å². The van der Waals surface area contributed by atoms with E-state index in [1.807, 2.05) is 67.4 Å². The van der Waals surface area contributed by atoms with E-state index in [2.05, 4.69) is 15.8 Å². The number of nitrogens with one attached hydrogen (secondary N) is 1. The molecule has 0 unspecified atom stereocenters. The number of nitrogens with two attached hydrogens (primary N) is 2. The van der Waals surface area contributed by atoms with Gasteiger partial charge in [-0.3, -0.25) is 4.99 Å². The van der Waals surface area contributed by atoms with Gasteiger partial charge in [-0.1, -0.05) is 79.9 Å². The highest BCUT2D eigenvalue weighted by Crippen LogP contribution is 2.32. The molecule has 1 aliphatic carbocycles. The van der Waals surface area contributed by atoms with Crippen LogP contribution in [0, 0.1) is 0 Å². The molecule has 0 amide bonds. The molecule has 1 fully saturated rings. The molecule has 0 atom stereocenters. The highest BCUT2D eigenvalue weighted by atomic mass is 16.4. The summed E-state index contributed by atoms with van der Waals surface area (Å²) in [6.07, 6.45) is 5.72. The Kier molecular flexibility index (Phi) is 8.97. The van der Waals surface area contributed by atoms with Crippen molar-refractivity contribution in [2.75, 3.05) is 7.05 Å². The number of aldehydes is 1. The molecule has 0 spiro atoms. The maximum atomic E-state index is 11.9. The molecule has 0 heterocycles. The monoisotopic (exact) mass is 477 g/mol. The molecule has 6 N–H and O–H groups in total. The second-order valence-corrected chi connectivity index (χ2v) is 8.89. The van der Waals surface area contributed by atoms with E-state index >= 15 is 0 Å². The summed E-state index contributed by atoms with van der Waals surface area (Å²) in [4.78, 5) is 18.8. The highest BCUT2D eigenvalue weighted by molar-refractivity contribution is 6.41. The summed E-state index contributed by atoms with van der Waals surface area (Å²) in [5.74, 6) is 6.16. The Balaban J connectivity index is 1.88. The van der Waals surface area contributed by atoms with Gasteiger partial charge in [0.25, 0.3) is 0 Å². The van der Waals surface area contributed by atoms with Crippen LogP contribution in [-0.2, 0) is 11.3 Å². The molecule has 1 saturated carbocycles. The minimum atomic E-state index is -0.735. The smallest absolute Gasteiger partial charge is 0.152 e. The molecule has 0 bridgehead atoms. The molecule has 3 rings (SSSR count). The van der Waals surface area contributed by atoms with E-state index in [0.717, 1.165) is 60.6 Å². The summed E-state index contributed by atoms with van der Waals surface area (Å²) >= 11 is 0. The van der Waals surface area contributed by atoms with Crippen LogP contribution in [0.15, 0.2) is 63.8 Å². The average molecular weight is 478 g/mol. The largest absolute Gasteiger partial charge is 0.411 e. The highest BCUT2D eigenvalue weighted by Gasteiger charge is 2.35. The fourth-order valence-corrected chi connectivity index (χ4v) is 4.49. The van der Waals surface area contributed by atoms with E-state index < -0.39 is 5.54 Å². The molecule has 186 valence electrons. The number of amidine groups is 2. The third-order valence-electron chi connectivity index (χ3n) is 6.32. The summed E-state index contributed by atoms with van der Waals surface area (Å²) in [6.45, 7) is 2.56. The third-order valence-corrected chi connectivity index (χ3v) is 6.32. The quantitative estimate of drug-likeness (QED) is 0.103. The number of hydrogen-bond acceptors (Lipinski definition) is 7. The average Bonchev–Trinajstić information content (AvgIpc) is 3.36. The number of carbonyl (C=O) groups excluding carboxylic acids is 1. The van der Waals surface area contributed by atoms with E-state index in [1.165, 1.54) is 0 Å². The molecule has 1 aliphatic rings. The minimum Gasteiger partial charge on any atom is -0.411 e. The van der Waals surface area contributed by atoms with Crippen molar-refractivity contribution in [3.05, 3.63) is 59.7 Å². The molecule has 2 aromatic carbocycles. The van der Waals surface area contributed by atoms with Crippen LogP contribution in [0.25, 0.3) is 11.1 Å². The van der Waals surface area contributed by atoms with Crippen molar-refractivity contribution >= 4 is 23.7 Å². The molecule has 9 nitrogen and oxygen atoms in total. The molecular formula is C26H35N7O2. The van der Waals surface area contributed by atoms with Gasteiger partial charge in [0.05, 0.1) is 0 Å². The van der Waals surface area contributed by atoms with Crippen LogP contribution in [0.1, 0.15) is 56.6 Å². The van der Waals surface area contributed by atoms with Crippen molar-refractivity contribution < 1.29 is 10.0 Å². The Morgan fingerprint density at radius 2 is 1.86 bits per heavy atom. The van der Waals surface area contributed by atoms with Crippen molar-refractivity contribution in [1.29, 1.82) is 0 Å². The SMILES string of the molecule is CCC/C(=N/O)C(=NC1(C=O)CCCC1)N(C)Cc1ccc(-c2ccccc2/C(N)=N/NN)cc1. The van der Waals surface area contributed by atoms with Crippen molar-refractivity contribution in [1.82, 2.24) is 10.4 Å². The topological polar surface area (TPSA) is 142 Å². The molecule has 9 heteroatoms. The first-order chi connectivity index (χ1) is 17.0. The Bertz CT molecular complexity index is 1090. The van der Waals surface area contributed by atoms with Crippen molar-refractivity contribution in [2.45, 2.75) is 57.5 Å². The minimum absolute atomic E-state index is 0.301. The molecule has 0 radical (unpaired) electrons. The number of aliphatic imine (C=N–C) groups is 1. The first kappa shape index (κ1) is 25.9. The Labute approximate surface area is 206 Å². The van der Waals surface area contributed by atoms with Crippen LogP contribution >= 0.6 is 0 Å². The maximum Gasteiger partial charge on any atom is 0.152 e. The van der Waals surface area contributed by atoms with Crippen molar-refractivity contribution in [3.63, 3.8) is 0 Å². The van der Waals surface area contributed by atoms with E-state index in [0.29, 0.717) is 30.3 Å². The zero-order valence-electron chi connectivity index (χ0n) is 20.4. The van der Waals surface area contributed by atoms with Gasteiger partial charge in [-0.05, 0) is 36.0 Å². The molecular weight excluding hydrogens is 442 g/mol. The zero-order valence-corrected chi connectivity index (χ0v) is 20.4. The van der Waals surface area contributed by atoms with Crippen LogP contribution in [0.3, 0.4) is 0 Å². The van der Waals surface area contributed by atoms with Gasteiger partial charge in [0, 0.05) is 19.2 Å². The van der Waals surface area contributed by atoms with Gasteiger partial charge in [0.15, 0.2) is 5.84 Å². The standard InChI is InChI=1S/C26H35N7O2/c1-3-8-23(31-35)25(29-26(18-34)15-6-7-16-26)33(2)17-19-11-13-20(14-12-19)21-9-4-5-10-22(21)24(27)30-32-28/h4-5,9-14,18,32,35H,3,6-8,15-17,28H2,1-2H3,(H2,27,30)/b29-25?,31-23-. The summed E-state index contributed by atoms with van der Waals surface area (Å²) in [5.41, 5.74) is 11.8. The van der Waals surface area contributed by atoms with Gasteiger partial charge in [0.1, 0.15) is 23.4 Å². The first-order valence-corrected chi connectivity index (χ1v) is 11.9. The second-order valence-electron chi connectivity index (χ2n) is 8.89. The van der Waals surface area contributed by atoms with Crippen LogP contribution in [0.5, 0.6) is 0 Å².